The number of carbonyl (C=O) groups is 2. The third kappa shape index (κ3) is 7.69. The maximum Gasteiger partial charge on any atom is 0.322 e. The van der Waals surface area contributed by atoms with Gasteiger partial charge in [0.15, 0.2) is 17.3 Å². The van der Waals surface area contributed by atoms with Crippen LogP contribution in [0.25, 0.3) is 0 Å². The number of aromatic nitrogens is 1. The number of para-hydroxylation sites is 1. The number of urea groups is 1. The molecule has 2 heterocycles. The number of nitrogens with zero attached hydrogens (tertiary/aromatic N) is 2. The van der Waals surface area contributed by atoms with Crippen molar-refractivity contribution in [3.05, 3.63) is 102 Å². The van der Waals surface area contributed by atoms with Crippen molar-refractivity contribution in [2.75, 3.05) is 32.6 Å². The van der Waals surface area contributed by atoms with Gasteiger partial charge in [-0.05, 0) is 66.9 Å². The van der Waals surface area contributed by atoms with Gasteiger partial charge in [-0.1, -0.05) is 25.1 Å². The van der Waals surface area contributed by atoms with Gasteiger partial charge in [0, 0.05) is 25.0 Å². The van der Waals surface area contributed by atoms with Gasteiger partial charge in [0.2, 0.25) is 0 Å². The fraction of sp³-hybridized carbons (Fsp3) is 0.290. The number of ether oxygens (including phenoxy) is 2. The van der Waals surface area contributed by atoms with Crippen LogP contribution in [0.1, 0.15) is 40.9 Å². The summed E-state index contributed by atoms with van der Waals surface area (Å²) in [5, 5.41) is 5.54. The number of rotatable bonds is 13. The molecule has 0 aliphatic carbocycles. The number of benzene rings is 2. The number of amides is 3. The Labute approximate surface area is 238 Å². The van der Waals surface area contributed by atoms with Gasteiger partial charge in [-0.25, -0.2) is 9.18 Å². The van der Waals surface area contributed by atoms with Crippen molar-refractivity contribution in [1.29, 1.82) is 0 Å². The largest absolute Gasteiger partial charge is 0.493 e. The predicted octanol–water partition coefficient (Wildman–Crippen LogP) is 5.70. The number of hydrogen-bond donors (Lipinski definition) is 2. The second-order valence-electron chi connectivity index (χ2n) is 9.42. The molecule has 0 spiro atoms. The van der Waals surface area contributed by atoms with E-state index < -0.39 is 5.82 Å². The molecule has 10 heteroatoms. The normalized spacial score (nSPS) is 10.7. The highest BCUT2D eigenvalue weighted by Gasteiger charge is 2.18. The molecule has 216 valence electrons. The van der Waals surface area contributed by atoms with E-state index in [1.165, 1.54) is 12.1 Å². The Morgan fingerprint density at radius 2 is 1.80 bits per heavy atom. The fourth-order valence-corrected chi connectivity index (χ4v) is 4.42. The van der Waals surface area contributed by atoms with Gasteiger partial charge in [0.1, 0.15) is 11.6 Å². The number of nitrogens with one attached hydrogen (secondary N) is 2. The third-order valence-corrected chi connectivity index (χ3v) is 6.53. The molecule has 0 aliphatic rings. The molecule has 0 saturated carbocycles. The molecule has 2 aromatic carbocycles. The van der Waals surface area contributed by atoms with E-state index in [4.69, 9.17) is 13.9 Å². The first-order valence-electron chi connectivity index (χ1n) is 13.4. The summed E-state index contributed by atoms with van der Waals surface area (Å²) in [7, 11) is 3.17. The van der Waals surface area contributed by atoms with E-state index in [0.29, 0.717) is 49.9 Å². The Kier molecular flexibility index (Phi) is 10.0. The van der Waals surface area contributed by atoms with E-state index in [2.05, 4.69) is 10.6 Å². The molecule has 4 aromatic rings. The molecule has 0 saturated heterocycles. The van der Waals surface area contributed by atoms with Crippen LogP contribution in [0.2, 0.25) is 0 Å². The third-order valence-electron chi connectivity index (χ3n) is 6.53. The van der Waals surface area contributed by atoms with Crippen LogP contribution in [-0.2, 0) is 19.5 Å². The van der Waals surface area contributed by atoms with E-state index in [9.17, 15) is 14.0 Å². The highest BCUT2D eigenvalue weighted by molar-refractivity contribution is 5.91. The van der Waals surface area contributed by atoms with Gasteiger partial charge in [-0.15, -0.1) is 0 Å². The fourth-order valence-electron chi connectivity index (χ4n) is 4.42. The average Bonchev–Trinajstić information content (AvgIpc) is 3.63. The predicted molar refractivity (Wildman–Crippen MR) is 154 cm³/mol. The minimum absolute atomic E-state index is 0.138. The van der Waals surface area contributed by atoms with Gasteiger partial charge >= 0.3 is 6.03 Å². The molecule has 9 nitrogen and oxygen atoms in total. The zero-order valence-electron chi connectivity index (χ0n) is 23.5. The monoisotopic (exact) mass is 562 g/mol. The highest BCUT2D eigenvalue weighted by Crippen LogP contribution is 2.27. The molecule has 4 rings (SSSR count). The molecular formula is C31H35FN4O5. The van der Waals surface area contributed by atoms with Crippen molar-refractivity contribution in [1.82, 2.24) is 14.8 Å². The first kappa shape index (κ1) is 29.3. The first-order valence-corrected chi connectivity index (χ1v) is 13.4. The number of methoxy groups -OCH3 is 2. The number of carbonyl (C=O) groups excluding carboxylic acids is 2. The smallest absolute Gasteiger partial charge is 0.322 e. The van der Waals surface area contributed by atoms with Gasteiger partial charge < -0.3 is 34.0 Å². The number of furan rings is 1. The zero-order valence-corrected chi connectivity index (χ0v) is 23.5. The van der Waals surface area contributed by atoms with E-state index >= 15 is 0 Å². The van der Waals surface area contributed by atoms with Crippen LogP contribution in [0.15, 0.2) is 77.3 Å². The molecule has 3 amide bonds. The van der Waals surface area contributed by atoms with Crippen LogP contribution >= 0.6 is 0 Å². The van der Waals surface area contributed by atoms with Crippen LogP contribution in [0, 0.1) is 5.82 Å². The van der Waals surface area contributed by atoms with E-state index in [-0.39, 0.29) is 23.4 Å². The molecular weight excluding hydrogens is 527 g/mol. The lowest BCUT2D eigenvalue weighted by Gasteiger charge is -2.23. The molecule has 2 N–H and O–H groups in total. The second kappa shape index (κ2) is 14.1. The van der Waals surface area contributed by atoms with Crippen LogP contribution in [-0.4, -0.2) is 48.7 Å². The number of anilines is 1. The van der Waals surface area contributed by atoms with Gasteiger partial charge in [-0.2, -0.15) is 0 Å². The minimum atomic E-state index is -0.487. The number of halogens is 1. The summed E-state index contributed by atoms with van der Waals surface area (Å²) in [5.41, 5.74) is 2.02. The molecule has 2 aromatic heterocycles. The Balaban J connectivity index is 1.33. The average molecular weight is 563 g/mol. The van der Waals surface area contributed by atoms with Crippen LogP contribution < -0.4 is 20.1 Å². The molecule has 0 atom stereocenters. The summed E-state index contributed by atoms with van der Waals surface area (Å²) in [6.07, 6.45) is 3.25. The van der Waals surface area contributed by atoms with E-state index in [0.717, 1.165) is 17.7 Å². The van der Waals surface area contributed by atoms with Crippen molar-refractivity contribution in [3.8, 4) is 11.5 Å². The molecule has 0 radical (unpaired) electrons. The van der Waals surface area contributed by atoms with Gasteiger partial charge in [0.25, 0.3) is 5.91 Å². The lowest BCUT2D eigenvalue weighted by atomic mass is 10.1. The van der Waals surface area contributed by atoms with Crippen LogP contribution in [0.3, 0.4) is 0 Å². The maximum atomic E-state index is 14.1. The minimum Gasteiger partial charge on any atom is -0.493 e. The maximum absolute atomic E-state index is 14.1. The standard InChI is InChI=1S/C31H35FN4O5/c1-4-17-36(31(38)34-26-10-6-5-9-25(26)32)20-23-8-7-18-35(23)21-24-12-14-28(41-24)30(37)33-16-15-22-11-13-27(39-2)29(19-22)40-3/h5-14,18-19H,4,15-17,20-21H2,1-3H3,(H,33,37)(H,34,38). The topological polar surface area (TPSA) is 98.0 Å². The summed E-state index contributed by atoms with van der Waals surface area (Å²) in [4.78, 5) is 27.2. The van der Waals surface area contributed by atoms with Crippen molar-refractivity contribution < 1.29 is 27.9 Å². The van der Waals surface area contributed by atoms with Crippen LogP contribution in [0.5, 0.6) is 11.5 Å². The molecule has 0 aliphatic heterocycles. The Hall–Kier alpha value is -4.73. The molecule has 0 fully saturated rings. The Morgan fingerprint density at radius 1 is 1.00 bits per heavy atom. The Morgan fingerprint density at radius 3 is 2.56 bits per heavy atom. The molecule has 0 unspecified atom stereocenters. The quantitative estimate of drug-likeness (QED) is 0.218. The SMILES string of the molecule is CCCN(Cc1cccn1Cc1ccc(C(=O)NCCc2ccc(OC)c(OC)c2)o1)C(=O)Nc1ccccc1F. The van der Waals surface area contributed by atoms with E-state index in [1.54, 1.807) is 43.4 Å². The number of hydrogen-bond acceptors (Lipinski definition) is 5. The zero-order chi connectivity index (χ0) is 29.2. The summed E-state index contributed by atoms with van der Waals surface area (Å²) < 4.78 is 32.4. The van der Waals surface area contributed by atoms with Crippen molar-refractivity contribution in [2.45, 2.75) is 32.9 Å². The first-order chi connectivity index (χ1) is 19.9. The summed E-state index contributed by atoms with van der Waals surface area (Å²) >= 11 is 0. The van der Waals surface area contributed by atoms with Crippen molar-refractivity contribution in [3.63, 3.8) is 0 Å². The molecule has 0 bridgehead atoms. The second-order valence-corrected chi connectivity index (χ2v) is 9.42. The summed E-state index contributed by atoms with van der Waals surface area (Å²) in [5.74, 6) is 1.32. The van der Waals surface area contributed by atoms with Crippen molar-refractivity contribution >= 4 is 17.6 Å². The molecule has 41 heavy (non-hydrogen) atoms. The summed E-state index contributed by atoms with van der Waals surface area (Å²) in [6, 6.07) is 18.6. The van der Waals surface area contributed by atoms with Gasteiger partial charge in [-0.3, -0.25) is 4.79 Å². The Bertz CT molecular complexity index is 1460. The van der Waals surface area contributed by atoms with Gasteiger partial charge in [0.05, 0.1) is 33.0 Å². The van der Waals surface area contributed by atoms with E-state index in [1.807, 2.05) is 48.0 Å². The van der Waals surface area contributed by atoms with Crippen LogP contribution in [0.4, 0.5) is 14.9 Å². The van der Waals surface area contributed by atoms with Crippen molar-refractivity contribution in [2.24, 2.45) is 0 Å². The summed E-state index contributed by atoms with van der Waals surface area (Å²) in [6.45, 7) is 3.61. The highest BCUT2D eigenvalue weighted by atomic mass is 19.1. The lowest BCUT2D eigenvalue weighted by Crippen LogP contribution is -2.36. The lowest BCUT2D eigenvalue weighted by molar-refractivity contribution is 0.0924.